The Morgan fingerprint density at radius 2 is 2.26 bits per heavy atom. The smallest absolute Gasteiger partial charge is 0.274 e. The van der Waals surface area contributed by atoms with Crippen molar-refractivity contribution in [3.05, 3.63) is 44.3 Å². The van der Waals surface area contributed by atoms with Gasteiger partial charge in [-0.25, -0.2) is 5.43 Å². The van der Waals surface area contributed by atoms with Crippen molar-refractivity contribution in [3.63, 3.8) is 0 Å². The fourth-order valence-electron chi connectivity index (χ4n) is 1.24. The molecule has 0 bridgehead atoms. The van der Waals surface area contributed by atoms with E-state index in [9.17, 15) is 9.90 Å². The first-order chi connectivity index (χ1) is 9.06. The highest BCUT2D eigenvalue weighted by Crippen LogP contribution is 2.19. The van der Waals surface area contributed by atoms with Crippen molar-refractivity contribution in [2.24, 2.45) is 5.10 Å². The van der Waals surface area contributed by atoms with Crippen molar-refractivity contribution in [2.45, 2.75) is 6.92 Å². The summed E-state index contributed by atoms with van der Waals surface area (Å²) in [6.07, 6.45) is 1.40. The van der Waals surface area contributed by atoms with Gasteiger partial charge in [0.2, 0.25) is 5.95 Å². The summed E-state index contributed by atoms with van der Waals surface area (Å²) in [6, 6.07) is 4.95. The first kappa shape index (κ1) is 13.2. The molecule has 0 spiro atoms. The van der Waals surface area contributed by atoms with Gasteiger partial charge in [0.25, 0.3) is 5.56 Å². The number of rotatable bonds is 3. The van der Waals surface area contributed by atoms with Crippen molar-refractivity contribution in [2.75, 3.05) is 5.43 Å². The molecule has 0 unspecified atom stereocenters. The molecule has 0 aliphatic heterocycles. The van der Waals surface area contributed by atoms with Crippen LogP contribution in [0.3, 0.4) is 0 Å². The van der Waals surface area contributed by atoms with E-state index in [-0.39, 0.29) is 23.0 Å². The summed E-state index contributed by atoms with van der Waals surface area (Å²) in [6.45, 7) is 1.55. The van der Waals surface area contributed by atoms with Crippen molar-refractivity contribution in [3.8, 4) is 5.75 Å². The Kier molecular flexibility index (Phi) is 3.91. The van der Waals surface area contributed by atoms with E-state index in [1.54, 1.807) is 25.1 Å². The summed E-state index contributed by atoms with van der Waals surface area (Å²) < 4.78 is 0.815. The summed E-state index contributed by atoms with van der Waals surface area (Å²) in [5, 5.41) is 20.8. The van der Waals surface area contributed by atoms with Gasteiger partial charge in [0, 0.05) is 10.0 Å². The molecular formula is C11H10BrN5O2. The number of anilines is 1. The van der Waals surface area contributed by atoms with Gasteiger partial charge >= 0.3 is 0 Å². The van der Waals surface area contributed by atoms with Crippen LogP contribution in [0.5, 0.6) is 5.75 Å². The average molecular weight is 324 g/mol. The molecule has 0 fully saturated rings. The van der Waals surface area contributed by atoms with E-state index >= 15 is 0 Å². The molecule has 2 rings (SSSR count). The maximum absolute atomic E-state index is 11.3. The number of phenolic OH excluding ortho intramolecular Hbond substituents is 1. The van der Waals surface area contributed by atoms with Gasteiger partial charge in [-0.2, -0.15) is 5.10 Å². The second-order valence-corrected chi connectivity index (χ2v) is 4.58. The molecular weight excluding hydrogens is 314 g/mol. The number of benzene rings is 1. The number of halogens is 1. The average Bonchev–Trinajstić information content (AvgIpc) is 2.38. The number of aromatic hydroxyl groups is 1. The summed E-state index contributed by atoms with van der Waals surface area (Å²) in [7, 11) is 0. The number of nitrogens with one attached hydrogen (secondary N) is 2. The monoisotopic (exact) mass is 323 g/mol. The Hall–Kier alpha value is -2.22. The standard InChI is InChI=1S/C11H10BrN5O2/c1-6-10(19)14-11(17-15-6)16-13-5-7-4-8(12)2-3-9(7)18/h2-5,18H,1H3,(H2,14,16,17,19)/b13-5-. The van der Waals surface area contributed by atoms with Gasteiger partial charge in [-0.1, -0.05) is 15.9 Å². The minimum Gasteiger partial charge on any atom is -0.507 e. The lowest BCUT2D eigenvalue weighted by molar-refractivity contribution is 0.474. The topological polar surface area (TPSA) is 103 Å². The number of aromatic amines is 1. The largest absolute Gasteiger partial charge is 0.507 e. The van der Waals surface area contributed by atoms with Gasteiger partial charge in [-0.15, -0.1) is 10.2 Å². The van der Waals surface area contributed by atoms with Crippen molar-refractivity contribution in [1.82, 2.24) is 15.2 Å². The van der Waals surface area contributed by atoms with E-state index in [1.807, 2.05) is 0 Å². The molecule has 98 valence electrons. The molecule has 3 N–H and O–H groups in total. The SMILES string of the molecule is Cc1nnc(N/N=C\c2cc(Br)ccc2O)[nH]c1=O. The number of aryl methyl sites for hydroxylation is 1. The summed E-state index contributed by atoms with van der Waals surface area (Å²) in [5.41, 5.74) is 2.98. The molecule has 0 saturated carbocycles. The third kappa shape index (κ3) is 3.38. The number of hydrogen-bond donors (Lipinski definition) is 3. The first-order valence-electron chi connectivity index (χ1n) is 5.27. The Labute approximate surface area is 116 Å². The van der Waals surface area contributed by atoms with Crippen LogP contribution in [-0.2, 0) is 0 Å². The number of phenols is 1. The molecule has 0 atom stereocenters. The maximum atomic E-state index is 11.3. The van der Waals surface area contributed by atoms with E-state index in [1.165, 1.54) is 6.21 Å². The molecule has 8 heteroatoms. The van der Waals surface area contributed by atoms with Crippen LogP contribution in [0.4, 0.5) is 5.95 Å². The molecule has 1 heterocycles. The third-order valence-electron chi connectivity index (χ3n) is 2.22. The molecule has 1 aromatic heterocycles. The predicted octanol–water partition coefficient (Wildman–Crippen LogP) is 1.39. The van der Waals surface area contributed by atoms with E-state index in [4.69, 9.17) is 0 Å². The molecule has 19 heavy (non-hydrogen) atoms. The summed E-state index contributed by atoms with van der Waals surface area (Å²) in [4.78, 5) is 13.7. The van der Waals surface area contributed by atoms with Crippen LogP contribution in [-0.4, -0.2) is 26.5 Å². The van der Waals surface area contributed by atoms with E-state index in [2.05, 4.69) is 41.6 Å². The summed E-state index contributed by atoms with van der Waals surface area (Å²) in [5.74, 6) is 0.221. The zero-order chi connectivity index (χ0) is 13.8. The molecule has 0 aliphatic rings. The molecule has 0 amide bonds. The maximum Gasteiger partial charge on any atom is 0.274 e. The highest BCUT2D eigenvalue weighted by molar-refractivity contribution is 9.10. The van der Waals surface area contributed by atoms with Crippen LogP contribution in [0.25, 0.3) is 0 Å². The molecule has 2 aromatic rings. The Bertz CT molecular complexity index is 683. The zero-order valence-electron chi connectivity index (χ0n) is 9.88. The third-order valence-corrected chi connectivity index (χ3v) is 2.72. The number of hydrazone groups is 1. The Morgan fingerprint density at radius 3 is 3.00 bits per heavy atom. The van der Waals surface area contributed by atoms with Crippen molar-refractivity contribution >= 4 is 28.1 Å². The van der Waals surface area contributed by atoms with Crippen LogP contribution < -0.4 is 11.0 Å². The molecule has 1 aromatic carbocycles. The van der Waals surface area contributed by atoms with E-state index < -0.39 is 0 Å². The van der Waals surface area contributed by atoms with Crippen LogP contribution in [0.1, 0.15) is 11.3 Å². The first-order valence-corrected chi connectivity index (χ1v) is 6.07. The van der Waals surface area contributed by atoms with Gasteiger partial charge in [-0.05, 0) is 25.1 Å². The van der Waals surface area contributed by atoms with E-state index in [0.717, 1.165) is 4.47 Å². The minimum atomic E-state index is -0.335. The van der Waals surface area contributed by atoms with Crippen LogP contribution >= 0.6 is 15.9 Å². The number of nitrogens with zero attached hydrogens (tertiary/aromatic N) is 3. The van der Waals surface area contributed by atoms with Gasteiger partial charge in [0.15, 0.2) is 0 Å². The lowest BCUT2D eigenvalue weighted by Gasteiger charge is -2.00. The summed E-state index contributed by atoms with van der Waals surface area (Å²) >= 11 is 3.29. The van der Waals surface area contributed by atoms with Gasteiger partial charge in [0.05, 0.1) is 6.21 Å². The van der Waals surface area contributed by atoms with Crippen LogP contribution in [0, 0.1) is 6.92 Å². The number of hydrogen-bond acceptors (Lipinski definition) is 6. The molecule has 0 aliphatic carbocycles. The predicted molar refractivity (Wildman–Crippen MR) is 74.4 cm³/mol. The minimum absolute atomic E-state index is 0.0947. The number of H-pyrrole nitrogens is 1. The fourth-order valence-corrected chi connectivity index (χ4v) is 1.61. The normalized spacial score (nSPS) is 10.8. The van der Waals surface area contributed by atoms with Gasteiger partial charge in [0.1, 0.15) is 11.4 Å². The highest BCUT2D eigenvalue weighted by atomic mass is 79.9. The van der Waals surface area contributed by atoms with Gasteiger partial charge < -0.3 is 5.11 Å². The molecule has 0 radical (unpaired) electrons. The fraction of sp³-hybridized carbons (Fsp3) is 0.0909. The van der Waals surface area contributed by atoms with Gasteiger partial charge in [-0.3, -0.25) is 9.78 Å². The highest BCUT2D eigenvalue weighted by Gasteiger charge is 2.00. The quantitative estimate of drug-likeness (QED) is 0.585. The van der Waals surface area contributed by atoms with Crippen LogP contribution in [0.2, 0.25) is 0 Å². The molecule has 7 nitrogen and oxygen atoms in total. The second-order valence-electron chi connectivity index (χ2n) is 3.66. The lowest BCUT2D eigenvalue weighted by Crippen LogP contribution is -2.15. The van der Waals surface area contributed by atoms with Crippen molar-refractivity contribution in [1.29, 1.82) is 0 Å². The zero-order valence-corrected chi connectivity index (χ0v) is 11.5. The lowest BCUT2D eigenvalue weighted by atomic mass is 10.2. The number of aromatic nitrogens is 3. The molecule has 0 saturated heterocycles. The Morgan fingerprint density at radius 1 is 1.47 bits per heavy atom. The Balaban J connectivity index is 2.13. The van der Waals surface area contributed by atoms with E-state index in [0.29, 0.717) is 5.56 Å². The van der Waals surface area contributed by atoms with Crippen LogP contribution in [0.15, 0.2) is 32.6 Å². The second kappa shape index (κ2) is 5.61. The van der Waals surface area contributed by atoms with Crippen molar-refractivity contribution < 1.29 is 5.11 Å².